The highest BCUT2D eigenvalue weighted by Crippen LogP contribution is 2.26. The minimum absolute atomic E-state index is 0.0537. The van der Waals surface area contributed by atoms with Crippen LogP contribution in [0.25, 0.3) is 0 Å². The summed E-state index contributed by atoms with van der Waals surface area (Å²) in [6.45, 7) is 4.80. The third-order valence-corrected chi connectivity index (χ3v) is 8.30. The van der Waals surface area contributed by atoms with E-state index >= 15 is 0 Å². The molecule has 3 heterocycles. The number of benzene rings is 1. The van der Waals surface area contributed by atoms with E-state index in [1.165, 1.54) is 6.26 Å². The smallest absolute Gasteiger partial charge is 0.289 e. The van der Waals surface area contributed by atoms with Crippen molar-refractivity contribution in [2.45, 2.75) is 43.3 Å². The summed E-state index contributed by atoms with van der Waals surface area (Å²) in [7, 11) is -3.59. The van der Waals surface area contributed by atoms with E-state index in [1.54, 1.807) is 41.3 Å². The molecule has 1 aromatic carbocycles. The molecule has 8 heteroatoms. The molecule has 0 saturated carbocycles. The number of nitrogens with zero attached hydrogens (tertiary/aromatic N) is 2. The lowest BCUT2D eigenvalue weighted by molar-refractivity contribution is -0.138. The molecule has 0 atom stereocenters. The van der Waals surface area contributed by atoms with Gasteiger partial charge in [-0.2, -0.15) is 0 Å². The lowest BCUT2D eigenvalue weighted by Gasteiger charge is -2.36. The lowest BCUT2D eigenvalue weighted by Crippen LogP contribution is -2.46. The maximum absolute atomic E-state index is 13.1. The average Bonchev–Trinajstić information content (AvgIpc) is 3.26. The van der Waals surface area contributed by atoms with E-state index in [1.807, 2.05) is 4.90 Å². The van der Waals surface area contributed by atoms with Gasteiger partial charge in [0.1, 0.15) is 0 Å². The van der Waals surface area contributed by atoms with Crippen LogP contribution in [0, 0.1) is 11.8 Å². The Hall–Kier alpha value is -2.61. The normalized spacial score (nSPS) is 18.7. The number of hydrogen-bond acceptors (Lipinski definition) is 5. The fraction of sp³-hybridized carbons (Fsp3) is 0.500. The van der Waals surface area contributed by atoms with Gasteiger partial charge in [0, 0.05) is 37.7 Å². The van der Waals surface area contributed by atoms with Crippen LogP contribution in [0.1, 0.15) is 48.7 Å². The van der Waals surface area contributed by atoms with E-state index in [0.29, 0.717) is 37.4 Å². The van der Waals surface area contributed by atoms with Crippen LogP contribution in [0.15, 0.2) is 52.0 Å². The number of rotatable bonds is 5. The van der Waals surface area contributed by atoms with Gasteiger partial charge >= 0.3 is 0 Å². The Kier molecular flexibility index (Phi) is 6.69. The van der Waals surface area contributed by atoms with Gasteiger partial charge in [-0.15, -0.1) is 0 Å². The van der Waals surface area contributed by atoms with Crippen molar-refractivity contribution in [2.24, 2.45) is 11.8 Å². The standard InChI is InChI=1S/C24H30N2O5S/c1-18-7-12-25(13-8-18)23(27)19-9-14-26(15-10-19)24(28)22-20(11-16-31-22)17-32(29,30)21-5-3-2-4-6-21/h2-6,11,16,18-19H,7-10,12-15,17H2,1H3. The molecule has 32 heavy (non-hydrogen) atoms. The Morgan fingerprint density at radius 2 is 1.56 bits per heavy atom. The summed E-state index contributed by atoms with van der Waals surface area (Å²) >= 11 is 0. The van der Waals surface area contributed by atoms with E-state index in [2.05, 4.69) is 6.92 Å². The van der Waals surface area contributed by atoms with Crippen molar-refractivity contribution in [3.8, 4) is 0 Å². The highest BCUT2D eigenvalue weighted by atomic mass is 32.2. The van der Waals surface area contributed by atoms with Gasteiger partial charge in [0.05, 0.1) is 16.9 Å². The SMILES string of the molecule is CC1CCN(C(=O)C2CCN(C(=O)c3occc3CS(=O)(=O)c3ccccc3)CC2)CC1. The molecule has 2 saturated heterocycles. The maximum atomic E-state index is 13.1. The first-order valence-electron chi connectivity index (χ1n) is 11.3. The van der Waals surface area contributed by atoms with Gasteiger partial charge in [0.15, 0.2) is 15.6 Å². The summed E-state index contributed by atoms with van der Waals surface area (Å²) in [5.41, 5.74) is 0.361. The molecule has 4 rings (SSSR count). The van der Waals surface area contributed by atoms with Crippen molar-refractivity contribution in [2.75, 3.05) is 26.2 Å². The van der Waals surface area contributed by atoms with Crippen LogP contribution in [0.3, 0.4) is 0 Å². The second-order valence-corrected chi connectivity index (χ2v) is 10.9. The number of furan rings is 1. The molecule has 2 aliphatic heterocycles. The first kappa shape index (κ1) is 22.6. The van der Waals surface area contributed by atoms with Gasteiger partial charge in [-0.05, 0) is 49.8 Å². The van der Waals surface area contributed by atoms with Gasteiger partial charge in [0.2, 0.25) is 5.91 Å². The molecule has 0 N–H and O–H groups in total. The van der Waals surface area contributed by atoms with Crippen LogP contribution >= 0.6 is 0 Å². The molecule has 0 unspecified atom stereocenters. The zero-order valence-corrected chi connectivity index (χ0v) is 19.2. The van der Waals surface area contributed by atoms with Crippen molar-refractivity contribution >= 4 is 21.7 Å². The van der Waals surface area contributed by atoms with Crippen molar-refractivity contribution in [1.82, 2.24) is 9.80 Å². The Balaban J connectivity index is 1.37. The summed E-state index contributed by atoms with van der Waals surface area (Å²) in [6.07, 6.45) is 4.70. The lowest BCUT2D eigenvalue weighted by atomic mass is 9.92. The molecule has 0 bridgehead atoms. The Labute approximate surface area is 189 Å². The number of likely N-dealkylation sites (tertiary alicyclic amines) is 2. The Morgan fingerprint density at radius 1 is 0.938 bits per heavy atom. The predicted molar refractivity (Wildman–Crippen MR) is 120 cm³/mol. The fourth-order valence-electron chi connectivity index (χ4n) is 4.51. The van der Waals surface area contributed by atoms with Crippen molar-refractivity contribution in [3.63, 3.8) is 0 Å². The zero-order valence-electron chi connectivity index (χ0n) is 18.4. The number of amides is 2. The van der Waals surface area contributed by atoms with Crippen LogP contribution in [0.5, 0.6) is 0 Å². The molecule has 0 radical (unpaired) electrons. The van der Waals surface area contributed by atoms with Crippen LogP contribution in [0.2, 0.25) is 0 Å². The third kappa shape index (κ3) is 4.90. The molecule has 2 amide bonds. The Morgan fingerprint density at radius 3 is 2.22 bits per heavy atom. The van der Waals surface area contributed by atoms with Crippen LogP contribution in [-0.2, 0) is 20.4 Å². The van der Waals surface area contributed by atoms with Crippen molar-refractivity contribution in [1.29, 1.82) is 0 Å². The monoisotopic (exact) mass is 458 g/mol. The summed E-state index contributed by atoms with van der Waals surface area (Å²) in [4.78, 5) is 29.8. The minimum atomic E-state index is -3.59. The first-order valence-corrected chi connectivity index (χ1v) is 12.9. The highest BCUT2D eigenvalue weighted by Gasteiger charge is 2.33. The van der Waals surface area contributed by atoms with Crippen LogP contribution in [-0.4, -0.2) is 56.2 Å². The van der Waals surface area contributed by atoms with Gasteiger partial charge in [-0.3, -0.25) is 9.59 Å². The molecular weight excluding hydrogens is 428 g/mol. The molecular formula is C24H30N2O5S. The fourth-order valence-corrected chi connectivity index (χ4v) is 5.89. The van der Waals surface area contributed by atoms with Crippen molar-refractivity contribution in [3.05, 3.63) is 54.0 Å². The molecule has 7 nitrogen and oxygen atoms in total. The topological polar surface area (TPSA) is 87.9 Å². The van der Waals surface area contributed by atoms with Gasteiger partial charge in [-0.25, -0.2) is 8.42 Å². The largest absolute Gasteiger partial charge is 0.459 e. The maximum Gasteiger partial charge on any atom is 0.289 e. The molecule has 0 aliphatic carbocycles. The third-order valence-electron chi connectivity index (χ3n) is 6.62. The number of piperidine rings is 2. The quantitative estimate of drug-likeness (QED) is 0.686. The van der Waals surface area contributed by atoms with E-state index in [-0.39, 0.29) is 34.1 Å². The second kappa shape index (κ2) is 9.48. The molecule has 172 valence electrons. The van der Waals surface area contributed by atoms with E-state index in [9.17, 15) is 18.0 Å². The average molecular weight is 459 g/mol. The number of hydrogen-bond donors (Lipinski definition) is 0. The van der Waals surface area contributed by atoms with Crippen LogP contribution < -0.4 is 0 Å². The second-order valence-electron chi connectivity index (χ2n) is 8.92. The summed E-state index contributed by atoms with van der Waals surface area (Å²) < 4.78 is 30.9. The highest BCUT2D eigenvalue weighted by molar-refractivity contribution is 7.90. The molecule has 2 aliphatic rings. The molecule has 1 aromatic heterocycles. The van der Waals surface area contributed by atoms with Gasteiger partial charge < -0.3 is 14.2 Å². The van der Waals surface area contributed by atoms with Gasteiger partial charge in [0.25, 0.3) is 5.91 Å². The van der Waals surface area contributed by atoms with Crippen LogP contribution in [0.4, 0.5) is 0 Å². The van der Waals surface area contributed by atoms with Crippen molar-refractivity contribution < 1.29 is 22.4 Å². The predicted octanol–water partition coefficient (Wildman–Crippen LogP) is 3.36. The first-order chi connectivity index (χ1) is 15.3. The summed E-state index contributed by atoms with van der Waals surface area (Å²) in [6, 6.07) is 9.73. The summed E-state index contributed by atoms with van der Waals surface area (Å²) in [5.74, 6) is 0.285. The molecule has 2 fully saturated rings. The van der Waals surface area contributed by atoms with Gasteiger partial charge in [-0.1, -0.05) is 25.1 Å². The number of carbonyl (C=O) groups excluding carboxylic acids is 2. The Bertz CT molecular complexity index is 1050. The molecule has 0 spiro atoms. The van der Waals surface area contributed by atoms with E-state index < -0.39 is 9.84 Å². The number of carbonyl (C=O) groups is 2. The minimum Gasteiger partial charge on any atom is -0.459 e. The zero-order chi connectivity index (χ0) is 22.7. The van der Waals surface area contributed by atoms with E-state index in [0.717, 1.165) is 25.9 Å². The summed E-state index contributed by atoms with van der Waals surface area (Å²) in [5, 5.41) is 0. The molecule has 2 aromatic rings. The van der Waals surface area contributed by atoms with E-state index in [4.69, 9.17) is 4.42 Å². The number of sulfone groups is 1.